The zero-order chi connectivity index (χ0) is 56.4. The zero-order valence-electron chi connectivity index (χ0n) is 51.6. The van der Waals surface area contributed by atoms with Gasteiger partial charge in [-0.25, -0.2) is 0 Å². The lowest BCUT2D eigenvalue weighted by Gasteiger charge is -2.46. The Morgan fingerprint density at radius 3 is 0.960 bits per heavy atom. The van der Waals surface area contributed by atoms with Gasteiger partial charge in [-0.3, -0.25) is 9.59 Å². The largest absolute Gasteiger partial charge is 0.480 e. The molecule has 6 nitrogen and oxygen atoms in total. The molecule has 2 rings (SSSR count). The summed E-state index contributed by atoms with van der Waals surface area (Å²) >= 11 is 0. The zero-order valence-corrected chi connectivity index (χ0v) is 51.6. The molecule has 4 N–H and O–H groups in total. The number of carboxylic acids is 2. The minimum atomic E-state index is -3.05. The number of aliphatic carboxylic acids is 2. The van der Waals surface area contributed by atoms with Crippen LogP contribution in [-0.2, 0) is 43.3 Å². The summed E-state index contributed by atoms with van der Waals surface area (Å²) in [5.74, 6) is -3.46. The molecule has 2 atom stereocenters. The van der Waals surface area contributed by atoms with Crippen molar-refractivity contribution in [2.24, 2.45) is 5.41 Å². The first-order valence-electron chi connectivity index (χ1n) is 31.4. The van der Waals surface area contributed by atoms with Crippen molar-refractivity contribution in [1.29, 1.82) is 0 Å². The van der Waals surface area contributed by atoms with Gasteiger partial charge in [-0.2, -0.15) is 0 Å². The molecule has 2 aromatic carbocycles. The molecule has 0 bridgehead atoms. The Hall–Kier alpha value is -2.70. The van der Waals surface area contributed by atoms with E-state index in [1.807, 2.05) is 6.07 Å². The van der Waals surface area contributed by atoms with E-state index in [-0.39, 0.29) is 12.0 Å². The minimum Gasteiger partial charge on any atom is -0.480 e. The Bertz CT molecular complexity index is 1850. The van der Waals surface area contributed by atoms with Crippen LogP contribution in [0.4, 0.5) is 0 Å². The molecule has 0 aromatic heterocycles. The lowest BCUT2D eigenvalue weighted by Crippen LogP contribution is -2.60. The number of aliphatic hydroxyl groups is 2. The molecule has 0 heterocycles. The molecule has 0 saturated heterocycles. The second-order valence-corrected chi connectivity index (χ2v) is 27.7. The number of hydrogen-bond acceptors (Lipinski definition) is 4. The van der Waals surface area contributed by atoms with Gasteiger partial charge in [0.2, 0.25) is 5.41 Å². The minimum absolute atomic E-state index is 0.116. The van der Waals surface area contributed by atoms with Gasteiger partial charge in [0.1, 0.15) is 11.7 Å². The molecule has 6 heteroatoms. The van der Waals surface area contributed by atoms with Crippen LogP contribution in [-0.4, -0.2) is 32.4 Å². The van der Waals surface area contributed by atoms with Crippen molar-refractivity contribution in [3.05, 3.63) is 69.3 Å². The average molecular weight is 1050 g/mol. The van der Waals surface area contributed by atoms with E-state index in [1.54, 1.807) is 12.1 Å². The highest BCUT2D eigenvalue weighted by atomic mass is 16.4. The molecule has 0 amide bonds. The third kappa shape index (κ3) is 22.5. The van der Waals surface area contributed by atoms with Crippen LogP contribution in [0.3, 0.4) is 0 Å². The maximum Gasteiger partial charge on any atom is 0.327 e. The van der Waals surface area contributed by atoms with Gasteiger partial charge >= 0.3 is 11.9 Å². The first-order valence-corrected chi connectivity index (χ1v) is 31.4. The van der Waals surface area contributed by atoms with Gasteiger partial charge < -0.3 is 20.4 Å². The average Bonchev–Trinajstić information content (AvgIpc) is 3.32. The Labute approximate surface area is 463 Å². The van der Waals surface area contributed by atoms with E-state index >= 15 is 0 Å². The third-order valence-electron chi connectivity index (χ3n) is 16.8. The smallest absolute Gasteiger partial charge is 0.327 e. The summed E-state index contributed by atoms with van der Waals surface area (Å²) in [6, 6.07) is 9.80. The number of unbranched alkanes of at least 4 members (excludes halogenated alkanes) is 30. The van der Waals surface area contributed by atoms with E-state index in [9.17, 15) is 30.0 Å². The number of rotatable bonds is 40. The molecule has 0 saturated carbocycles. The van der Waals surface area contributed by atoms with Gasteiger partial charge in [-0.15, -0.1) is 0 Å². The fourth-order valence-corrected chi connectivity index (χ4v) is 11.6. The van der Waals surface area contributed by atoms with Gasteiger partial charge in [0.05, 0.1) is 0 Å². The van der Waals surface area contributed by atoms with Crippen LogP contribution < -0.4 is 0 Å². The van der Waals surface area contributed by atoms with Crippen molar-refractivity contribution >= 4 is 11.9 Å². The summed E-state index contributed by atoms with van der Waals surface area (Å²) in [4.78, 5) is 29.0. The molecule has 2 aromatic rings. The maximum atomic E-state index is 14.5. The van der Waals surface area contributed by atoms with E-state index in [1.165, 1.54) is 154 Å². The van der Waals surface area contributed by atoms with Crippen LogP contribution in [0.2, 0.25) is 0 Å². The molecule has 0 radical (unpaired) electrons. The lowest BCUT2D eigenvalue weighted by molar-refractivity contribution is -0.209. The predicted molar refractivity (Wildman–Crippen MR) is 322 cm³/mol. The molecule has 0 aliphatic carbocycles. The van der Waals surface area contributed by atoms with Crippen molar-refractivity contribution in [3.63, 3.8) is 0 Å². The Kier molecular flexibility index (Phi) is 30.7. The normalized spacial score (nSPS) is 14.1. The van der Waals surface area contributed by atoms with E-state index < -0.39 is 50.7 Å². The molecule has 75 heavy (non-hydrogen) atoms. The highest BCUT2D eigenvalue weighted by Crippen LogP contribution is 2.55. The van der Waals surface area contributed by atoms with Crippen LogP contribution in [0, 0.1) is 5.41 Å². The summed E-state index contributed by atoms with van der Waals surface area (Å²) in [5, 5.41) is 50.7. The fourth-order valence-electron chi connectivity index (χ4n) is 11.6. The second-order valence-electron chi connectivity index (χ2n) is 27.7. The van der Waals surface area contributed by atoms with Gasteiger partial charge in [0.15, 0.2) is 0 Å². The number of aliphatic hydroxyl groups excluding tert-OH is 1. The molecule has 0 spiro atoms. The number of benzene rings is 2. The molecular weight excluding hydrogens is 925 g/mol. The molecule has 0 fully saturated rings. The van der Waals surface area contributed by atoms with Crippen molar-refractivity contribution in [2.75, 3.05) is 0 Å². The number of carbonyl (C=O) groups is 2. The molecule has 432 valence electrons. The summed E-state index contributed by atoms with van der Waals surface area (Å²) in [5.41, 5.74) is -2.13. The van der Waals surface area contributed by atoms with Crippen molar-refractivity contribution < 1.29 is 30.0 Å². The van der Waals surface area contributed by atoms with E-state index in [0.717, 1.165) is 72.8 Å². The standard InChI is InChI=1S/C69H120O6/c1-15-17-19-21-23-25-27-29-31-33-35-37-39-41-43-45-47-58-59(67(12,13)14)52-57(66(9,10)11)53-60(58)68(75,48-46-44-42-40-38-36-34-32-30-28-26-24-22-20-18-16-2)69(62(71)72,63(73)74)61(70)54-49-55(64(3,4)5)51-56(50-54)65(6,7)8/h49-53,61,70,75H,15-48H2,1-14H3,(H,71,72)(H,73,74). The summed E-state index contributed by atoms with van der Waals surface area (Å²) in [6.07, 6.45) is 37.1. The van der Waals surface area contributed by atoms with Crippen molar-refractivity contribution in [1.82, 2.24) is 0 Å². The quantitative estimate of drug-likeness (QED) is 0.0390. The summed E-state index contributed by atoms with van der Waals surface area (Å²) in [6.45, 7) is 29.8. The molecule has 2 unspecified atom stereocenters. The fraction of sp³-hybridized carbons (Fsp3) is 0.797. The van der Waals surface area contributed by atoms with Crippen LogP contribution >= 0.6 is 0 Å². The SMILES string of the molecule is CCCCCCCCCCCCCCCCCCc1c(C(C)(C)C)cc(C(C)(C)C)cc1C(O)(CCCCCCCCCCCCCCCCCC)C(C(=O)O)(C(=O)O)C(O)c1cc(C(C)(C)C)cc(C(C)(C)C)c1. The van der Waals surface area contributed by atoms with Crippen LogP contribution in [0.15, 0.2) is 30.3 Å². The van der Waals surface area contributed by atoms with E-state index in [4.69, 9.17) is 0 Å². The molecule has 0 aliphatic rings. The van der Waals surface area contributed by atoms with Crippen molar-refractivity contribution in [3.8, 4) is 0 Å². The summed E-state index contributed by atoms with van der Waals surface area (Å²) in [7, 11) is 0. The third-order valence-corrected chi connectivity index (χ3v) is 16.8. The predicted octanol–water partition coefficient (Wildman–Crippen LogP) is 20.4. The Morgan fingerprint density at radius 2 is 0.667 bits per heavy atom. The first kappa shape index (κ1) is 68.4. The summed E-state index contributed by atoms with van der Waals surface area (Å²) < 4.78 is 0. The molecular formula is C69H120O6. The first-order chi connectivity index (χ1) is 35.2. The lowest BCUT2D eigenvalue weighted by atomic mass is 9.59. The van der Waals surface area contributed by atoms with Gasteiger partial charge in [0.25, 0.3) is 0 Å². The van der Waals surface area contributed by atoms with Crippen LogP contribution in [0.5, 0.6) is 0 Å². The van der Waals surface area contributed by atoms with Crippen LogP contribution in [0.1, 0.15) is 354 Å². The van der Waals surface area contributed by atoms with Crippen LogP contribution in [0.25, 0.3) is 0 Å². The Morgan fingerprint density at radius 1 is 0.387 bits per heavy atom. The van der Waals surface area contributed by atoms with Gasteiger partial charge in [-0.1, -0.05) is 326 Å². The highest BCUT2D eigenvalue weighted by Gasteiger charge is 2.68. The van der Waals surface area contributed by atoms with E-state index in [2.05, 4.69) is 109 Å². The topological polar surface area (TPSA) is 115 Å². The second kappa shape index (κ2) is 33.7. The van der Waals surface area contributed by atoms with Gasteiger partial charge in [-0.05, 0) is 79.9 Å². The van der Waals surface area contributed by atoms with E-state index in [0.29, 0.717) is 18.4 Å². The van der Waals surface area contributed by atoms with Gasteiger partial charge in [0, 0.05) is 0 Å². The molecule has 0 aliphatic heterocycles. The number of carboxylic acid groups (broad SMARTS) is 2. The number of hydrogen-bond donors (Lipinski definition) is 4. The highest BCUT2D eigenvalue weighted by molar-refractivity contribution is 6.01. The van der Waals surface area contributed by atoms with Crippen molar-refractivity contribution in [2.45, 2.75) is 349 Å². The monoisotopic (exact) mass is 1040 g/mol. The maximum absolute atomic E-state index is 14.5. The Balaban J connectivity index is 2.60.